The molecule has 1 N–H and O–H groups in total. The zero-order valence-electron chi connectivity index (χ0n) is 18.0. The number of rotatable bonds is 4. The van der Waals surface area contributed by atoms with Gasteiger partial charge in [0, 0.05) is 18.8 Å². The molecule has 164 valence electrons. The van der Waals surface area contributed by atoms with Crippen LogP contribution in [0.15, 0.2) is 60.6 Å². The average molecular weight is 450 g/mol. The molecule has 3 heterocycles. The highest BCUT2D eigenvalue weighted by atomic mass is 35.5. The molecule has 32 heavy (non-hydrogen) atoms. The van der Waals surface area contributed by atoms with Gasteiger partial charge in [-0.15, -0.1) is 0 Å². The minimum absolute atomic E-state index is 0.0973. The number of pyridine rings is 1. The number of nitrogens with zero attached hydrogens (tertiary/aromatic N) is 4. The van der Waals surface area contributed by atoms with E-state index in [0.29, 0.717) is 29.5 Å². The fourth-order valence-corrected chi connectivity index (χ4v) is 3.63. The smallest absolute Gasteiger partial charge is 0.321 e. The molecule has 1 fully saturated rings. The van der Waals surface area contributed by atoms with Gasteiger partial charge in [-0.3, -0.25) is 4.98 Å². The van der Waals surface area contributed by atoms with Crippen LogP contribution in [0.5, 0.6) is 11.8 Å². The molecule has 1 atom stereocenters. The SMILES string of the molecule is Cc1ccc(NC(=O)N2CCC(=Cc3cccc(Oc4ncc(Cl)cn4)c3)C(C)C2)cn1. The molecular formula is C24H24ClN5O2. The number of urea groups is 1. The van der Waals surface area contributed by atoms with Gasteiger partial charge in [-0.1, -0.05) is 42.3 Å². The molecule has 2 aromatic heterocycles. The molecule has 1 aromatic carbocycles. The van der Waals surface area contributed by atoms with Crippen molar-refractivity contribution in [1.82, 2.24) is 19.9 Å². The summed E-state index contributed by atoms with van der Waals surface area (Å²) in [5.74, 6) is 0.896. The van der Waals surface area contributed by atoms with Crippen molar-refractivity contribution in [2.75, 3.05) is 18.4 Å². The van der Waals surface area contributed by atoms with Gasteiger partial charge in [0.25, 0.3) is 0 Å². The second-order valence-corrected chi connectivity index (χ2v) is 8.23. The summed E-state index contributed by atoms with van der Waals surface area (Å²) in [6.07, 6.45) is 7.65. The van der Waals surface area contributed by atoms with Crippen molar-refractivity contribution in [3.05, 3.63) is 76.8 Å². The fourth-order valence-electron chi connectivity index (χ4n) is 3.53. The Balaban J connectivity index is 1.38. The quantitative estimate of drug-likeness (QED) is 0.562. The Bertz CT molecular complexity index is 1120. The van der Waals surface area contributed by atoms with E-state index >= 15 is 0 Å². The number of nitrogens with one attached hydrogen (secondary N) is 1. The van der Waals surface area contributed by atoms with Crippen LogP contribution in [0.4, 0.5) is 10.5 Å². The number of ether oxygens (including phenoxy) is 1. The summed E-state index contributed by atoms with van der Waals surface area (Å²) < 4.78 is 5.73. The van der Waals surface area contributed by atoms with Gasteiger partial charge in [-0.2, -0.15) is 0 Å². The molecule has 8 heteroatoms. The first-order valence-electron chi connectivity index (χ1n) is 10.4. The van der Waals surface area contributed by atoms with Gasteiger partial charge in [0.05, 0.1) is 29.3 Å². The molecule has 0 radical (unpaired) electrons. The van der Waals surface area contributed by atoms with Crippen LogP contribution in [0.25, 0.3) is 6.08 Å². The maximum Gasteiger partial charge on any atom is 0.321 e. The lowest BCUT2D eigenvalue weighted by Gasteiger charge is -2.33. The number of likely N-dealkylation sites (tertiary alicyclic amines) is 1. The van der Waals surface area contributed by atoms with E-state index in [2.05, 4.69) is 33.3 Å². The monoisotopic (exact) mass is 449 g/mol. The standard InChI is InChI=1S/C24H24ClN5O2/c1-16-15-30(24(31)29-21-7-6-17(2)26-14-21)9-8-19(16)10-18-4-3-5-22(11-18)32-23-27-12-20(25)13-28-23/h3-7,10-14,16H,8-9,15H2,1-2H3,(H,29,31). The number of piperidine rings is 1. The van der Waals surface area contributed by atoms with E-state index in [1.807, 2.05) is 48.2 Å². The van der Waals surface area contributed by atoms with Crippen molar-refractivity contribution in [2.24, 2.45) is 5.92 Å². The zero-order chi connectivity index (χ0) is 22.5. The summed E-state index contributed by atoms with van der Waals surface area (Å²) in [4.78, 5) is 26.8. The van der Waals surface area contributed by atoms with Crippen LogP contribution in [-0.2, 0) is 0 Å². The van der Waals surface area contributed by atoms with E-state index in [1.54, 1.807) is 6.20 Å². The lowest BCUT2D eigenvalue weighted by atomic mass is 9.91. The maximum atomic E-state index is 12.6. The Morgan fingerprint density at radius 1 is 1.19 bits per heavy atom. The molecule has 1 saturated heterocycles. The molecule has 0 spiro atoms. The van der Waals surface area contributed by atoms with Crippen molar-refractivity contribution < 1.29 is 9.53 Å². The van der Waals surface area contributed by atoms with Crippen molar-refractivity contribution in [1.29, 1.82) is 0 Å². The third kappa shape index (κ3) is 5.62. The summed E-state index contributed by atoms with van der Waals surface area (Å²) in [6.45, 7) is 5.38. The summed E-state index contributed by atoms with van der Waals surface area (Å²) in [7, 11) is 0. The number of amides is 2. The molecule has 0 bridgehead atoms. The molecule has 1 unspecified atom stereocenters. The first kappa shape index (κ1) is 21.8. The fraction of sp³-hybridized carbons (Fsp3) is 0.250. The molecular weight excluding hydrogens is 426 g/mol. The van der Waals surface area contributed by atoms with Crippen molar-refractivity contribution in [3.8, 4) is 11.8 Å². The number of aromatic nitrogens is 3. The van der Waals surface area contributed by atoms with Crippen molar-refractivity contribution in [3.63, 3.8) is 0 Å². The molecule has 2 amide bonds. The Kier molecular flexibility index (Phi) is 6.66. The van der Waals surface area contributed by atoms with Gasteiger partial charge in [0.2, 0.25) is 0 Å². The molecule has 7 nitrogen and oxygen atoms in total. The number of hydrogen-bond donors (Lipinski definition) is 1. The molecule has 0 aliphatic carbocycles. The second kappa shape index (κ2) is 9.78. The Labute approximate surface area is 192 Å². The largest absolute Gasteiger partial charge is 0.424 e. The van der Waals surface area contributed by atoms with Gasteiger partial charge in [0.1, 0.15) is 5.75 Å². The van der Waals surface area contributed by atoms with Crippen molar-refractivity contribution >= 4 is 29.4 Å². The van der Waals surface area contributed by atoms with Crippen LogP contribution in [0.2, 0.25) is 5.02 Å². The van der Waals surface area contributed by atoms with Crippen LogP contribution >= 0.6 is 11.6 Å². The predicted octanol–water partition coefficient (Wildman–Crippen LogP) is 5.58. The summed E-state index contributed by atoms with van der Waals surface area (Å²) in [5.41, 5.74) is 3.95. The number of anilines is 1. The van der Waals surface area contributed by atoms with E-state index in [0.717, 1.165) is 17.7 Å². The number of hydrogen-bond acceptors (Lipinski definition) is 5. The van der Waals surface area contributed by atoms with Gasteiger partial charge in [-0.25, -0.2) is 14.8 Å². The molecule has 1 aliphatic heterocycles. The number of aryl methyl sites for hydroxylation is 1. The lowest BCUT2D eigenvalue weighted by molar-refractivity contribution is 0.198. The van der Waals surface area contributed by atoms with E-state index in [9.17, 15) is 4.79 Å². The highest BCUT2D eigenvalue weighted by Gasteiger charge is 2.24. The number of carbonyl (C=O) groups is 1. The summed E-state index contributed by atoms with van der Waals surface area (Å²) >= 11 is 5.82. The molecule has 3 aromatic rings. The third-order valence-corrected chi connectivity index (χ3v) is 5.46. The van der Waals surface area contributed by atoms with E-state index in [-0.39, 0.29) is 18.0 Å². The normalized spacial score (nSPS) is 17.3. The third-order valence-electron chi connectivity index (χ3n) is 5.26. The van der Waals surface area contributed by atoms with Crippen LogP contribution < -0.4 is 10.1 Å². The molecule has 1 aliphatic rings. The first-order valence-corrected chi connectivity index (χ1v) is 10.8. The zero-order valence-corrected chi connectivity index (χ0v) is 18.7. The minimum atomic E-state index is -0.0973. The Hall–Kier alpha value is -3.45. The molecule has 0 saturated carbocycles. The van der Waals surface area contributed by atoms with E-state index in [4.69, 9.17) is 16.3 Å². The van der Waals surface area contributed by atoms with E-state index < -0.39 is 0 Å². The van der Waals surface area contributed by atoms with Gasteiger partial charge in [0.15, 0.2) is 0 Å². The Morgan fingerprint density at radius 3 is 2.72 bits per heavy atom. The van der Waals surface area contributed by atoms with Gasteiger partial charge in [-0.05, 0) is 49.1 Å². The number of halogens is 1. The minimum Gasteiger partial charge on any atom is -0.424 e. The van der Waals surface area contributed by atoms with Crippen LogP contribution in [-0.4, -0.2) is 39.0 Å². The maximum absolute atomic E-state index is 12.6. The van der Waals surface area contributed by atoms with Crippen LogP contribution in [0.1, 0.15) is 24.6 Å². The highest BCUT2D eigenvalue weighted by molar-refractivity contribution is 6.30. The average Bonchev–Trinajstić information content (AvgIpc) is 2.78. The van der Waals surface area contributed by atoms with E-state index in [1.165, 1.54) is 18.0 Å². The number of carbonyl (C=O) groups excluding carboxylic acids is 1. The summed E-state index contributed by atoms with van der Waals surface area (Å²) in [5, 5.41) is 3.39. The highest BCUT2D eigenvalue weighted by Crippen LogP contribution is 2.27. The molecule has 4 rings (SSSR count). The first-order chi connectivity index (χ1) is 15.5. The lowest BCUT2D eigenvalue weighted by Crippen LogP contribution is -2.42. The predicted molar refractivity (Wildman–Crippen MR) is 125 cm³/mol. The summed E-state index contributed by atoms with van der Waals surface area (Å²) in [6, 6.07) is 11.7. The van der Waals surface area contributed by atoms with Crippen molar-refractivity contribution in [2.45, 2.75) is 20.3 Å². The van der Waals surface area contributed by atoms with Gasteiger partial charge >= 0.3 is 12.0 Å². The second-order valence-electron chi connectivity index (χ2n) is 7.79. The van der Waals surface area contributed by atoms with Gasteiger partial charge < -0.3 is 15.0 Å². The van der Waals surface area contributed by atoms with Crippen LogP contribution in [0.3, 0.4) is 0 Å². The Morgan fingerprint density at radius 2 is 2.00 bits per heavy atom. The number of benzene rings is 1. The topological polar surface area (TPSA) is 80.2 Å². The van der Waals surface area contributed by atoms with Crippen LogP contribution in [0, 0.1) is 12.8 Å².